The molecule has 0 aliphatic carbocycles. The number of likely N-dealkylation sites (N-methyl/N-ethyl adjacent to an activating group) is 1. The van der Waals surface area contributed by atoms with Crippen LogP contribution in [0, 0.1) is 5.92 Å². The van der Waals surface area contributed by atoms with Gasteiger partial charge in [0.1, 0.15) is 11.1 Å². The van der Waals surface area contributed by atoms with Gasteiger partial charge in [-0.2, -0.15) is 0 Å². The largest absolute Gasteiger partial charge is 0.479 e. The van der Waals surface area contributed by atoms with Gasteiger partial charge < -0.3 is 14.7 Å². The number of carboxylic acid groups (broad SMARTS) is 1. The summed E-state index contributed by atoms with van der Waals surface area (Å²) in [6.45, 7) is 7.73. The minimum Gasteiger partial charge on any atom is -0.479 e. The summed E-state index contributed by atoms with van der Waals surface area (Å²) in [5, 5.41) is 9.76. The molecule has 0 radical (unpaired) electrons. The molecule has 2 aliphatic rings. The van der Waals surface area contributed by atoms with E-state index in [0.717, 1.165) is 26.1 Å². The van der Waals surface area contributed by atoms with Crippen LogP contribution < -0.4 is 0 Å². The Labute approximate surface area is 119 Å². The highest BCUT2D eigenvalue weighted by atomic mass is 16.6. The predicted molar refractivity (Wildman–Crippen MR) is 73.5 cm³/mol. The zero-order valence-electron chi connectivity index (χ0n) is 12.7. The number of hydrogen-bond donors (Lipinski definition) is 1. The molecule has 0 aromatic rings. The molecule has 20 heavy (non-hydrogen) atoms. The summed E-state index contributed by atoms with van der Waals surface area (Å²) in [4.78, 5) is 27.7. The molecule has 2 fully saturated rings. The van der Waals surface area contributed by atoms with Gasteiger partial charge in [0.2, 0.25) is 0 Å². The van der Waals surface area contributed by atoms with Crippen molar-refractivity contribution < 1.29 is 19.4 Å². The molecule has 2 rings (SSSR count). The van der Waals surface area contributed by atoms with Gasteiger partial charge in [-0.15, -0.1) is 0 Å². The maximum absolute atomic E-state index is 12.3. The van der Waals surface area contributed by atoms with Gasteiger partial charge in [0.15, 0.2) is 0 Å². The van der Waals surface area contributed by atoms with Crippen LogP contribution in [0.5, 0.6) is 0 Å². The summed E-state index contributed by atoms with van der Waals surface area (Å²) in [5.41, 5.74) is -1.75. The van der Waals surface area contributed by atoms with E-state index in [1.807, 2.05) is 0 Å². The summed E-state index contributed by atoms with van der Waals surface area (Å²) >= 11 is 0. The highest BCUT2D eigenvalue weighted by Gasteiger charge is 2.56. The van der Waals surface area contributed by atoms with E-state index in [0.29, 0.717) is 6.42 Å². The molecule has 0 aromatic heterocycles. The first kappa shape index (κ1) is 15.1. The van der Waals surface area contributed by atoms with E-state index in [1.165, 1.54) is 4.90 Å². The van der Waals surface area contributed by atoms with Crippen LogP contribution in [0.2, 0.25) is 0 Å². The van der Waals surface area contributed by atoms with Gasteiger partial charge in [0.05, 0.1) is 0 Å². The number of rotatable bonds is 2. The van der Waals surface area contributed by atoms with Crippen LogP contribution in [0.1, 0.15) is 33.6 Å². The van der Waals surface area contributed by atoms with E-state index >= 15 is 0 Å². The smallest absolute Gasteiger partial charge is 0.411 e. The number of ether oxygens (including phenoxy) is 1. The van der Waals surface area contributed by atoms with Crippen LogP contribution in [-0.2, 0) is 9.53 Å². The first-order valence-corrected chi connectivity index (χ1v) is 7.09. The number of nitrogens with zero attached hydrogens (tertiary/aromatic N) is 2. The zero-order valence-corrected chi connectivity index (χ0v) is 12.7. The summed E-state index contributed by atoms with van der Waals surface area (Å²) in [5.74, 6) is -0.941. The van der Waals surface area contributed by atoms with Crippen LogP contribution in [-0.4, -0.2) is 64.8 Å². The number of carbonyl (C=O) groups excluding carboxylic acids is 1. The minimum atomic E-state index is -1.13. The lowest BCUT2D eigenvalue weighted by molar-refractivity contribution is -0.156. The molecule has 6 nitrogen and oxygen atoms in total. The van der Waals surface area contributed by atoms with Gasteiger partial charge in [0.25, 0.3) is 0 Å². The summed E-state index contributed by atoms with van der Waals surface area (Å²) in [6.07, 6.45) is 0.725. The van der Waals surface area contributed by atoms with Gasteiger partial charge in [-0.1, -0.05) is 0 Å². The molecular formula is C14H24N2O4. The summed E-state index contributed by atoms with van der Waals surface area (Å²) in [7, 11) is 1.55. The Hall–Kier alpha value is -1.30. The molecule has 114 valence electrons. The van der Waals surface area contributed by atoms with Crippen molar-refractivity contribution in [3.8, 4) is 0 Å². The Balaban J connectivity index is 2.24. The number of carboxylic acids is 1. The molecular weight excluding hydrogens is 260 g/mol. The van der Waals surface area contributed by atoms with Gasteiger partial charge in [0, 0.05) is 26.1 Å². The molecule has 2 bridgehead atoms. The highest BCUT2D eigenvalue weighted by Crippen LogP contribution is 2.40. The lowest BCUT2D eigenvalue weighted by Crippen LogP contribution is -2.63. The summed E-state index contributed by atoms with van der Waals surface area (Å²) in [6, 6.07) is 0. The van der Waals surface area contributed by atoms with Crippen molar-refractivity contribution in [2.75, 3.05) is 26.7 Å². The minimum absolute atomic E-state index is 0.0220. The fourth-order valence-electron chi connectivity index (χ4n) is 3.32. The van der Waals surface area contributed by atoms with E-state index in [4.69, 9.17) is 4.74 Å². The van der Waals surface area contributed by atoms with Crippen LogP contribution in [0.3, 0.4) is 0 Å². The van der Waals surface area contributed by atoms with E-state index < -0.39 is 23.2 Å². The molecule has 6 heteroatoms. The average molecular weight is 284 g/mol. The first-order valence-electron chi connectivity index (χ1n) is 7.09. The Morgan fingerprint density at radius 2 is 2.00 bits per heavy atom. The van der Waals surface area contributed by atoms with Gasteiger partial charge in [-0.05, 0) is 40.2 Å². The third kappa shape index (κ3) is 2.49. The third-order valence-electron chi connectivity index (χ3n) is 4.39. The molecule has 0 saturated carbocycles. The van der Waals surface area contributed by atoms with Crippen molar-refractivity contribution in [1.82, 2.24) is 9.80 Å². The first-order chi connectivity index (χ1) is 9.17. The van der Waals surface area contributed by atoms with Crippen molar-refractivity contribution in [2.24, 2.45) is 5.92 Å². The molecule has 2 saturated heterocycles. The molecule has 0 spiro atoms. The van der Waals surface area contributed by atoms with Crippen molar-refractivity contribution in [1.29, 1.82) is 0 Å². The van der Waals surface area contributed by atoms with Crippen LogP contribution >= 0.6 is 0 Å². The van der Waals surface area contributed by atoms with Crippen molar-refractivity contribution in [3.05, 3.63) is 0 Å². The summed E-state index contributed by atoms with van der Waals surface area (Å²) < 4.78 is 5.34. The van der Waals surface area contributed by atoms with Crippen molar-refractivity contribution in [2.45, 2.75) is 44.8 Å². The topological polar surface area (TPSA) is 70.1 Å². The van der Waals surface area contributed by atoms with E-state index in [9.17, 15) is 14.7 Å². The zero-order chi connectivity index (χ0) is 15.1. The highest BCUT2D eigenvalue weighted by molar-refractivity contribution is 5.85. The number of amides is 1. The van der Waals surface area contributed by atoms with Gasteiger partial charge >= 0.3 is 12.1 Å². The number of aliphatic carboxylic acids is 1. The molecule has 2 aliphatic heterocycles. The molecule has 1 amide bonds. The van der Waals surface area contributed by atoms with Crippen molar-refractivity contribution in [3.63, 3.8) is 0 Å². The standard InChI is InChI=1S/C14H24N2O4/c1-13(2,3)20-12(19)15(4)14(11(17)18)6-8-16-7-5-10(14)9-16/h10H,5-9H2,1-4H3,(H,17,18). The fourth-order valence-corrected chi connectivity index (χ4v) is 3.32. The Morgan fingerprint density at radius 3 is 2.55 bits per heavy atom. The predicted octanol–water partition coefficient (Wildman–Crippen LogP) is 1.40. The Morgan fingerprint density at radius 1 is 1.35 bits per heavy atom. The molecule has 2 heterocycles. The maximum Gasteiger partial charge on any atom is 0.411 e. The monoisotopic (exact) mass is 284 g/mol. The molecule has 1 N–H and O–H groups in total. The van der Waals surface area contributed by atoms with E-state index in [1.54, 1.807) is 27.8 Å². The number of fused-ring (bicyclic) bond motifs is 2. The Kier molecular flexibility index (Phi) is 3.71. The SMILES string of the molecule is CN(C(=O)OC(C)(C)C)C1(C(=O)O)CCN2CCC1C2. The second-order valence-electron chi connectivity index (χ2n) is 6.80. The fraction of sp³-hybridized carbons (Fsp3) is 0.857. The average Bonchev–Trinajstić information content (AvgIpc) is 2.70. The Bertz CT molecular complexity index is 418. The second-order valence-corrected chi connectivity index (χ2v) is 6.80. The maximum atomic E-state index is 12.3. The molecule has 3 atom stereocenters. The molecule has 0 aromatic carbocycles. The third-order valence-corrected chi connectivity index (χ3v) is 4.39. The van der Waals surface area contributed by atoms with Crippen LogP contribution in [0.25, 0.3) is 0 Å². The van der Waals surface area contributed by atoms with Crippen LogP contribution in [0.15, 0.2) is 0 Å². The van der Waals surface area contributed by atoms with Crippen molar-refractivity contribution >= 4 is 12.1 Å². The van der Waals surface area contributed by atoms with E-state index in [-0.39, 0.29) is 5.92 Å². The van der Waals surface area contributed by atoms with Gasteiger partial charge in [-0.25, -0.2) is 9.59 Å². The normalized spacial score (nSPS) is 32.8. The van der Waals surface area contributed by atoms with Crippen LogP contribution in [0.4, 0.5) is 4.79 Å². The number of carbonyl (C=O) groups is 2. The van der Waals surface area contributed by atoms with Gasteiger partial charge in [-0.3, -0.25) is 4.90 Å². The lowest BCUT2D eigenvalue weighted by atomic mass is 9.77. The number of piperidine rings is 1. The second kappa shape index (κ2) is 4.91. The number of hydrogen-bond acceptors (Lipinski definition) is 4. The molecule has 3 unspecified atom stereocenters. The van der Waals surface area contributed by atoms with E-state index in [2.05, 4.69) is 4.90 Å². The lowest BCUT2D eigenvalue weighted by Gasteiger charge is -2.45. The quantitative estimate of drug-likeness (QED) is 0.830.